The van der Waals surface area contributed by atoms with Gasteiger partial charge in [-0.25, -0.2) is 4.98 Å². The molecule has 2 heterocycles. The molecule has 2 fully saturated rings. The van der Waals surface area contributed by atoms with E-state index in [9.17, 15) is 9.59 Å². The number of carbonyl (C=O) groups is 2. The Hall–Kier alpha value is -1.99. The Morgan fingerprint density at radius 2 is 1.85 bits per heavy atom. The van der Waals surface area contributed by atoms with Gasteiger partial charge in [0, 0.05) is 37.7 Å². The Kier molecular flexibility index (Phi) is 5.41. The van der Waals surface area contributed by atoms with Crippen molar-refractivity contribution in [1.29, 1.82) is 0 Å². The van der Waals surface area contributed by atoms with Gasteiger partial charge in [-0.1, -0.05) is 30.6 Å². The van der Waals surface area contributed by atoms with Crippen molar-refractivity contribution in [2.24, 2.45) is 5.92 Å². The highest BCUT2D eigenvalue weighted by Crippen LogP contribution is 2.29. The summed E-state index contributed by atoms with van der Waals surface area (Å²) >= 11 is 1.45. The molecule has 7 heteroatoms. The van der Waals surface area contributed by atoms with Crippen LogP contribution in [0.4, 0.5) is 5.13 Å². The average molecular weight is 387 g/mol. The van der Waals surface area contributed by atoms with Crippen LogP contribution < -0.4 is 5.32 Å². The van der Waals surface area contributed by atoms with E-state index in [4.69, 9.17) is 0 Å². The van der Waals surface area contributed by atoms with Crippen LogP contribution in [0.1, 0.15) is 42.5 Å². The summed E-state index contributed by atoms with van der Waals surface area (Å²) in [6, 6.07) is 5.63. The fourth-order valence-corrected chi connectivity index (χ4v) is 4.78. The van der Waals surface area contributed by atoms with Crippen molar-refractivity contribution in [3.8, 4) is 0 Å². The normalized spacial score (nSPS) is 19.4. The number of benzene rings is 1. The number of hydrogen-bond donors (Lipinski definition) is 1. The minimum Gasteiger partial charge on any atom is -0.336 e. The third kappa shape index (κ3) is 4.14. The summed E-state index contributed by atoms with van der Waals surface area (Å²) in [5.41, 5.74) is 1.52. The zero-order valence-corrected chi connectivity index (χ0v) is 16.6. The van der Waals surface area contributed by atoms with Crippen LogP contribution in [0, 0.1) is 5.92 Å². The number of nitrogens with zero attached hydrogens (tertiary/aromatic N) is 3. The second-order valence-electron chi connectivity index (χ2n) is 7.62. The average Bonchev–Trinajstić information content (AvgIpc) is 3.10. The van der Waals surface area contributed by atoms with E-state index in [1.807, 2.05) is 23.1 Å². The van der Waals surface area contributed by atoms with Crippen LogP contribution in [-0.4, -0.2) is 59.8 Å². The van der Waals surface area contributed by atoms with Gasteiger partial charge in [-0.15, -0.1) is 0 Å². The molecule has 1 saturated heterocycles. The number of carbonyl (C=O) groups excluding carboxylic acids is 2. The maximum atomic E-state index is 12.8. The van der Waals surface area contributed by atoms with E-state index < -0.39 is 0 Å². The molecule has 1 aromatic heterocycles. The van der Waals surface area contributed by atoms with Gasteiger partial charge in [-0.05, 0) is 38.1 Å². The van der Waals surface area contributed by atoms with Crippen molar-refractivity contribution >= 4 is 38.5 Å². The highest BCUT2D eigenvalue weighted by Gasteiger charge is 2.23. The van der Waals surface area contributed by atoms with Gasteiger partial charge < -0.3 is 15.1 Å². The van der Waals surface area contributed by atoms with Crippen molar-refractivity contribution in [1.82, 2.24) is 14.8 Å². The van der Waals surface area contributed by atoms with Gasteiger partial charge >= 0.3 is 0 Å². The number of anilines is 1. The molecule has 1 aromatic carbocycles. The number of likely N-dealkylation sites (N-methyl/N-ethyl adjacent to an activating group) is 1. The summed E-state index contributed by atoms with van der Waals surface area (Å²) < 4.78 is 0.939. The van der Waals surface area contributed by atoms with Crippen LogP contribution in [0.5, 0.6) is 0 Å². The fourth-order valence-electron chi connectivity index (χ4n) is 3.88. The number of fused-ring (bicyclic) bond motifs is 1. The molecule has 1 aliphatic carbocycles. The fraction of sp³-hybridized carbons (Fsp3) is 0.550. The van der Waals surface area contributed by atoms with E-state index in [1.165, 1.54) is 17.8 Å². The van der Waals surface area contributed by atoms with Gasteiger partial charge in [0.25, 0.3) is 5.91 Å². The Morgan fingerprint density at radius 3 is 2.59 bits per heavy atom. The molecule has 2 aromatic rings. The summed E-state index contributed by atoms with van der Waals surface area (Å²) in [5, 5.41) is 3.62. The first kappa shape index (κ1) is 18.4. The molecule has 0 spiro atoms. The van der Waals surface area contributed by atoms with Gasteiger partial charge in [0.2, 0.25) is 5.91 Å². The molecule has 0 atom stereocenters. The Bertz CT molecular complexity index is 836. The zero-order valence-electron chi connectivity index (χ0n) is 15.7. The van der Waals surface area contributed by atoms with Crippen LogP contribution in [0.2, 0.25) is 0 Å². The highest BCUT2D eigenvalue weighted by molar-refractivity contribution is 7.22. The first-order chi connectivity index (χ1) is 13.1. The number of nitrogens with one attached hydrogen (secondary N) is 1. The summed E-state index contributed by atoms with van der Waals surface area (Å²) in [6.45, 7) is 3.34. The van der Waals surface area contributed by atoms with Crippen molar-refractivity contribution in [2.45, 2.75) is 32.1 Å². The monoisotopic (exact) mass is 386 g/mol. The topological polar surface area (TPSA) is 65.5 Å². The van der Waals surface area contributed by atoms with Crippen molar-refractivity contribution in [3.05, 3.63) is 23.8 Å². The van der Waals surface area contributed by atoms with Crippen LogP contribution >= 0.6 is 11.3 Å². The molecular weight excluding hydrogens is 360 g/mol. The number of hydrogen-bond acceptors (Lipinski definition) is 5. The molecule has 144 valence electrons. The van der Waals surface area contributed by atoms with Crippen molar-refractivity contribution in [2.75, 3.05) is 38.5 Å². The number of aromatic nitrogens is 1. The second kappa shape index (κ2) is 7.94. The first-order valence-electron chi connectivity index (χ1n) is 9.79. The van der Waals surface area contributed by atoms with Crippen LogP contribution in [0.25, 0.3) is 10.2 Å². The minimum atomic E-state index is 0.0752. The van der Waals surface area contributed by atoms with Crippen molar-refractivity contribution < 1.29 is 9.59 Å². The van der Waals surface area contributed by atoms with E-state index >= 15 is 0 Å². The predicted octanol–water partition coefficient (Wildman–Crippen LogP) is 3.20. The summed E-state index contributed by atoms with van der Waals surface area (Å²) in [4.78, 5) is 33.9. The SMILES string of the molecule is CN1CCN(C(=O)c2ccc3nc(NC(=O)C4CCCCC4)sc3c2)CC1. The first-order valence-corrected chi connectivity index (χ1v) is 10.6. The number of thiazole rings is 1. The lowest BCUT2D eigenvalue weighted by molar-refractivity contribution is -0.120. The Balaban J connectivity index is 1.46. The van der Waals surface area contributed by atoms with E-state index in [2.05, 4.69) is 22.2 Å². The van der Waals surface area contributed by atoms with Crippen LogP contribution in [-0.2, 0) is 4.79 Å². The summed E-state index contributed by atoms with van der Waals surface area (Å²) in [6.07, 6.45) is 5.45. The molecule has 2 amide bonds. The third-order valence-corrected chi connectivity index (χ3v) is 6.57. The van der Waals surface area contributed by atoms with Crippen molar-refractivity contribution in [3.63, 3.8) is 0 Å². The summed E-state index contributed by atoms with van der Waals surface area (Å²) in [7, 11) is 2.08. The number of piperazine rings is 1. The standard InChI is InChI=1S/C20H26N4O2S/c1-23-9-11-24(12-10-23)19(26)15-7-8-16-17(13-15)27-20(21-16)22-18(25)14-5-3-2-4-6-14/h7-8,13-14H,2-6,9-12H2,1H3,(H,21,22,25). The largest absolute Gasteiger partial charge is 0.336 e. The van der Waals surface area contributed by atoms with Crippen LogP contribution in [0.3, 0.4) is 0 Å². The molecule has 4 rings (SSSR count). The van der Waals surface area contributed by atoms with E-state index in [-0.39, 0.29) is 17.7 Å². The molecule has 6 nitrogen and oxygen atoms in total. The Labute approximate surface area is 163 Å². The molecule has 0 bridgehead atoms. The molecular formula is C20H26N4O2S. The molecule has 1 saturated carbocycles. The lowest BCUT2D eigenvalue weighted by Crippen LogP contribution is -2.47. The lowest BCUT2D eigenvalue weighted by Gasteiger charge is -2.32. The number of amides is 2. The van der Waals surface area contributed by atoms with Crippen LogP contribution in [0.15, 0.2) is 18.2 Å². The van der Waals surface area contributed by atoms with E-state index in [0.29, 0.717) is 10.7 Å². The predicted molar refractivity (Wildman–Crippen MR) is 108 cm³/mol. The quantitative estimate of drug-likeness (QED) is 0.880. The smallest absolute Gasteiger partial charge is 0.253 e. The maximum absolute atomic E-state index is 12.8. The molecule has 1 aliphatic heterocycles. The zero-order chi connectivity index (χ0) is 18.8. The van der Waals surface area contributed by atoms with Gasteiger partial charge in [0.15, 0.2) is 5.13 Å². The van der Waals surface area contributed by atoms with Gasteiger partial charge in [0.1, 0.15) is 0 Å². The van der Waals surface area contributed by atoms with E-state index in [1.54, 1.807) is 0 Å². The maximum Gasteiger partial charge on any atom is 0.253 e. The second-order valence-corrected chi connectivity index (χ2v) is 8.65. The molecule has 2 aliphatic rings. The third-order valence-electron chi connectivity index (χ3n) is 5.63. The minimum absolute atomic E-state index is 0.0752. The molecule has 27 heavy (non-hydrogen) atoms. The van der Waals surface area contributed by atoms with E-state index in [0.717, 1.165) is 62.1 Å². The molecule has 0 radical (unpaired) electrons. The summed E-state index contributed by atoms with van der Waals surface area (Å²) in [5.74, 6) is 0.272. The number of rotatable bonds is 3. The molecule has 1 N–H and O–H groups in total. The van der Waals surface area contributed by atoms with Gasteiger partial charge in [-0.2, -0.15) is 0 Å². The van der Waals surface area contributed by atoms with Gasteiger partial charge in [-0.3, -0.25) is 9.59 Å². The Morgan fingerprint density at radius 1 is 1.11 bits per heavy atom. The highest BCUT2D eigenvalue weighted by atomic mass is 32.1. The molecule has 0 unspecified atom stereocenters. The van der Waals surface area contributed by atoms with Gasteiger partial charge in [0.05, 0.1) is 10.2 Å². The lowest BCUT2D eigenvalue weighted by atomic mass is 9.89.